The predicted octanol–water partition coefficient (Wildman–Crippen LogP) is 4.04. The fourth-order valence-electron chi connectivity index (χ4n) is 4.51. The van der Waals surface area contributed by atoms with Gasteiger partial charge in [0.25, 0.3) is 5.91 Å². The molecule has 2 aliphatic rings. The number of rotatable bonds is 6. The van der Waals surface area contributed by atoms with Gasteiger partial charge >= 0.3 is 0 Å². The van der Waals surface area contributed by atoms with E-state index in [9.17, 15) is 9.18 Å². The minimum absolute atomic E-state index is 0.200. The Hall–Kier alpha value is -2.93. The Labute approximate surface area is 180 Å². The lowest BCUT2D eigenvalue weighted by Crippen LogP contribution is -2.39. The van der Waals surface area contributed by atoms with Crippen LogP contribution in [0.5, 0.6) is 5.75 Å². The summed E-state index contributed by atoms with van der Waals surface area (Å²) in [5.41, 5.74) is 1.80. The first kappa shape index (κ1) is 20.0. The molecular weight excluding hydrogens is 397 g/mol. The number of hydrogen-bond acceptors (Lipinski definition) is 4. The van der Waals surface area contributed by atoms with Crippen molar-refractivity contribution >= 4 is 16.8 Å². The van der Waals surface area contributed by atoms with Gasteiger partial charge in [-0.25, -0.2) is 4.39 Å². The van der Waals surface area contributed by atoms with Gasteiger partial charge in [-0.2, -0.15) is 0 Å². The highest BCUT2D eigenvalue weighted by Crippen LogP contribution is 2.41. The standard InChI is InChI=1S/C24H26FN3O3/c1-30-22-3-2-18(25)12-17(22)14-24(7-8-24)27-23(29)20-13-21-16(15-26-20)4-9-28(21)19-5-10-31-11-6-19/h2-4,9,12-13,15,19H,5-8,10-11,14H2,1H3,(H,27,29). The highest BCUT2D eigenvalue weighted by Gasteiger charge is 2.45. The minimum atomic E-state index is -0.377. The Balaban J connectivity index is 1.36. The van der Waals surface area contributed by atoms with Crippen molar-refractivity contribution in [1.29, 1.82) is 0 Å². The Morgan fingerprint density at radius 1 is 1.29 bits per heavy atom. The third kappa shape index (κ3) is 4.02. The quantitative estimate of drug-likeness (QED) is 0.650. The lowest BCUT2D eigenvalue weighted by atomic mass is 10.0. The van der Waals surface area contributed by atoms with Crippen LogP contribution >= 0.6 is 0 Å². The van der Waals surface area contributed by atoms with E-state index in [2.05, 4.69) is 21.1 Å². The summed E-state index contributed by atoms with van der Waals surface area (Å²) in [6.45, 7) is 1.52. The number of benzene rings is 1. The molecule has 1 saturated carbocycles. The van der Waals surface area contributed by atoms with Crippen LogP contribution in [-0.4, -0.2) is 41.3 Å². The summed E-state index contributed by atoms with van der Waals surface area (Å²) in [6, 6.07) is 8.78. The van der Waals surface area contributed by atoms with Crippen molar-refractivity contribution in [3.05, 3.63) is 59.8 Å². The molecule has 1 N–H and O–H groups in total. The molecule has 2 aromatic heterocycles. The number of hydrogen-bond donors (Lipinski definition) is 1. The van der Waals surface area contributed by atoms with E-state index < -0.39 is 0 Å². The van der Waals surface area contributed by atoms with Crippen LogP contribution in [0.15, 0.2) is 42.7 Å². The SMILES string of the molecule is COc1ccc(F)cc1CC1(NC(=O)c2cc3c(ccn3C3CCOCC3)cn2)CC1. The van der Waals surface area contributed by atoms with Crippen molar-refractivity contribution in [2.24, 2.45) is 0 Å². The van der Waals surface area contributed by atoms with Gasteiger partial charge < -0.3 is 19.4 Å². The first-order valence-electron chi connectivity index (χ1n) is 10.8. The summed E-state index contributed by atoms with van der Waals surface area (Å²) in [7, 11) is 1.57. The van der Waals surface area contributed by atoms with Crippen LogP contribution in [0.3, 0.4) is 0 Å². The third-order valence-corrected chi connectivity index (χ3v) is 6.43. The highest BCUT2D eigenvalue weighted by molar-refractivity contribution is 5.96. The fraction of sp³-hybridized carbons (Fsp3) is 0.417. The van der Waals surface area contributed by atoms with Crippen molar-refractivity contribution in [3.63, 3.8) is 0 Å². The number of nitrogens with one attached hydrogen (secondary N) is 1. The first-order valence-corrected chi connectivity index (χ1v) is 10.8. The zero-order valence-electron chi connectivity index (χ0n) is 17.6. The molecule has 1 aliphatic carbocycles. The monoisotopic (exact) mass is 423 g/mol. The summed E-state index contributed by atoms with van der Waals surface area (Å²) in [4.78, 5) is 17.5. The van der Waals surface area contributed by atoms with E-state index in [1.165, 1.54) is 12.1 Å². The number of methoxy groups -OCH3 is 1. The number of halogens is 1. The van der Waals surface area contributed by atoms with Gasteiger partial charge in [-0.15, -0.1) is 0 Å². The molecular formula is C24H26FN3O3. The van der Waals surface area contributed by atoms with E-state index in [1.807, 2.05) is 12.1 Å². The molecule has 2 fully saturated rings. The van der Waals surface area contributed by atoms with Crippen molar-refractivity contribution in [3.8, 4) is 5.75 Å². The van der Waals surface area contributed by atoms with E-state index >= 15 is 0 Å². The van der Waals surface area contributed by atoms with Crippen LogP contribution in [0.1, 0.15) is 47.8 Å². The number of amides is 1. The zero-order chi connectivity index (χ0) is 21.4. The number of aromatic nitrogens is 2. The topological polar surface area (TPSA) is 65.4 Å². The molecule has 31 heavy (non-hydrogen) atoms. The maximum atomic E-state index is 13.8. The van der Waals surface area contributed by atoms with Crippen molar-refractivity contribution in [1.82, 2.24) is 14.9 Å². The first-order chi connectivity index (χ1) is 15.1. The fourth-order valence-corrected chi connectivity index (χ4v) is 4.51. The van der Waals surface area contributed by atoms with Crippen molar-refractivity contribution < 1.29 is 18.7 Å². The smallest absolute Gasteiger partial charge is 0.270 e. The lowest BCUT2D eigenvalue weighted by molar-refractivity contribution is 0.0707. The molecule has 1 amide bonds. The van der Waals surface area contributed by atoms with Crippen LogP contribution in [0.2, 0.25) is 0 Å². The molecule has 0 bridgehead atoms. The summed E-state index contributed by atoms with van der Waals surface area (Å²) in [5, 5.41) is 4.17. The predicted molar refractivity (Wildman–Crippen MR) is 115 cm³/mol. The van der Waals surface area contributed by atoms with Gasteiger partial charge in [0.15, 0.2) is 0 Å². The lowest BCUT2D eigenvalue weighted by Gasteiger charge is -2.24. The number of nitrogens with zero attached hydrogens (tertiary/aromatic N) is 2. The molecule has 1 aliphatic heterocycles. The highest BCUT2D eigenvalue weighted by atomic mass is 19.1. The van der Waals surface area contributed by atoms with Gasteiger partial charge in [0.05, 0.1) is 12.6 Å². The number of fused-ring (bicyclic) bond motifs is 1. The normalized spacial score (nSPS) is 18.1. The van der Waals surface area contributed by atoms with Gasteiger partial charge in [-0.3, -0.25) is 9.78 Å². The Morgan fingerprint density at radius 2 is 2.10 bits per heavy atom. The molecule has 0 spiro atoms. The molecule has 162 valence electrons. The van der Waals surface area contributed by atoms with Crippen LogP contribution in [0.4, 0.5) is 4.39 Å². The van der Waals surface area contributed by atoms with Gasteiger partial charge in [0.2, 0.25) is 0 Å². The molecule has 7 heteroatoms. The molecule has 5 rings (SSSR count). The Morgan fingerprint density at radius 3 is 2.84 bits per heavy atom. The molecule has 0 radical (unpaired) electrons. The zero-order valence-corrected chi connectivity index (χ0v) is 17.6. The number of carbonyl (C=O) groups excluding carboxylic acids is 1. The second kappa shape index (κ2) is 7.96. The number of ether oxygens (including phenoxy) is 2. The maximum Gasteiger partial charge on any atom is 0.270 e. The molecule has 1 aromatic carbocycles. The van der Waals surface area contributed by atoms with E-state index in [4.69, 9.17) is 9.47 Å². The molecule has 0 unspecified atom stereocenters. The summed E-state index contributed by atoms with van der Waals surface area (Å²) >= 11 is 0. The van der Waals surface area contributed by atoms with Crippen molar-refractivity contribution in [2.45, 2.75) is 43.7 Å². The second-order valence-corrected chi connectivity index (χ2v) is 8.56. The van der Waals surface area contributed by atoms with Crippen LogP contribution in [0, 0.1) is 5.82 Å². The third-order valence-electron chi connectivity index (χ3n) is 6.43. The Kier molecular flexibility index (Phi) is 5.14. The van der Waals surface area contributed by atoms with Crippen molar-refractivity contribution in [2.75, 3.05) is 20.3 Å². The van der Waals surface area contributed by atoms with Crippen LogP contribution in [0.25, 0.3) is 10.9 Å². The van der Waals surface area contributed by atoms with Crippen LogP contribution < -0.4 is 10.1 Å². The van der Waals surface area contributed by atoms with Gasteiger partial charge in [-0.1, -0.05) is 0 Å². The minimum Gasteiger partial charge on any atom is -0.496 e. The van der Waals surface area contributed by atoms with Gasteiger partial charge in [0, 0.05) is 42.6 Å². The molecule has 1 saturated heterocycles. The second-order valence-electron chi connectivity index (χ2n) is 8.56. The molecule has 6 nitrogen and oxygen atoms in total. The number of pyridine rings is 1. The van der Waals surface area contributed by atoms with E-state index in [0.717, 1.165) is 55.4 Å². The van der Waals surface area contributed by atoms with Gasteiger partial charge in [0.1, 0.15) is 17.3 Å². The summed E-state index contributed by atoms with van der Waals surface area (Å²) in [5.74, 6) is 0.129. The Bertz CT molecular complexity index is 1120. The van der Waals surface area contributed by atoms with Crippen LogP contribution in [-0.2, 0) is 11.2 Å². The average Bonchev–Trinajstić information content (AvgIpc) is 3.40. The summed E-state index contributed by atoms with van der Waals surface area (Å²) < 4.78 is 26.8. The largest absolute Gasteiger partial charge is 0.496 e. The van der Waals surface area contributed by atoms with E-state index in [0.29, 0.717) is 23.9 Å². The average molecular weight is 423 g/mol. The number of carbonyl (C=O) groups is 1. The summed E-state index contributed by atoms with van der Waals surface area (Å²) in [6.07, 6.45) is 7.98. The molecule has 3 aromatic rings. The van der Waals surface area contributed by atoms with E-state index in [1.54, 1.807) is 19.4 Å². The van der Waals surface area contributed by atoms with Gasteiger partial charge in [-0.05, 0) is 68.0 Å². The molecule has 3 heterocycles. The molecule has 0 atom stereocenters. The maximum absolute atomic E-state index is 13.8. The van der Waals surface area contributed by atoms with E-state index in [-0.39, 0.29) is 17.3 Å².